The zero-order chi connectivity index (χ0) is 13.5. The fourth-order valence-corrected chi connectivity index (χ4v) is 1.68. The van der Waals surface area contributed by atoms with Crippen molar-refractivity contribution < 1.29 is 13.9 Å². The highest BCUT2D eigenvalue weighted by molar-refractivity contribution is 5.69. The quantitative estimate of drug-likeness (QED) is 0.730. The van der Waals surface area contributed by atoms with Crippen molar-refractivity contribution in [2.75, 3.05) is 13.7 Å². The van der Waals surface area contributed by atoms with Gasteiger partial charge in [-0.05, 0) is 31.5 Å². The number of esters is 1. The van der Waals surface area contributed by atoms with Gasteiger partial charge in [0.2, 0.25) is 0 Å². The van der Waals surface area contributed by atoms with Gasteiger partial charge in [-0.1, -0.05) is 12.1 Å². The Balaban J connectivity index is 2.57. The van der Waals surface area contributed by atoms with Crippen molar-refractivity contribution in [1.29, 1.82) is 0 Å². The van der Waals surface area contributed by atoms with Gasteiger partial charge in [-0.25, -0.2) is 4.39 Å². The van der Waals surface area contributed by atoms with E-state index < -0.39 is 0 Å². The number of nitrogens with zero attached hydrogens (tertiary/aromatic N) is 1. The van der Waals surface area contributed by atoms with Crippen molar-refractivity contribution in [3.63, 3.8) is 0 Å². The van der Waals surface area contributed by atoms with Crippen LogP contribution < -0.4 is 0 Å². The number of rotatable bonds is 6. The van der Waals surface area contributed by atoms with Crippen molar-refractivity contribution >= 4 is 5.97 Å². The van der Waals surface area contributed by atoms with Crippen molar-refractivity contribution in [3.05, 3.63) is 35.6 Å². The average molecular weight is 253 g/mol. The smallest absolute Gasteiger partial charge is 0.306 e. The molecule has 0 unspecified atom stereocenters. The lowest BCUT2D eigenvalue weighted by Crippen LogP contribution is -2.32. The van der Waals surface area contributed by atoms with Gasteiger partial charge in [-0.2, -0.15) is 0 Å². The zero-order valence-electron chi connectivity index (χ0n) is 11.1. The van der Waals surface area contributed by atoms with E-state index in [2.05, 4.69) is 23.5 Å². The number of hydrogen-bond acceptors (Lipinski definition) is 3. The molecule has 1 aromatic rings. The molecule has 0 radical (unpaired) electrons. The molecule has 3 nitrogen and oxygen atoms in total. The predicted octanol–water partition coefficient (Wildman–Crippen LogP) is 2.60. The molecule has 0 amide bonds. The molecule has 1 rings (SSSR count). The van der Waals surface area contributed by atoms with Crippen molar-refractivity contribution in [3.8, 4) is 0 Å². The van der Waals surface area contributed by atoms with Crippen LogP contribution in [0.25, 0.3) is 0 Å². The molecule has 0 saturated heterocycles. The van der Waals surface area contributed by atoms with Crippen LogP contribution in [0.3, 0.4) is 0 Å². The molecule has 0 heterocycles. The van der Waals surface area contributed by atoms with Gasteiger partial charge in [-0.3, -0.25) is 9.69 Å². The average Bonchev–Trinajstić information content (AvgIpc) is 2.35. The van der Waals surface area contributed by atoms with Crippen molar-refractivity contribution in [2.45, 2.75) is 32.9 Å². The van der Waals surface area contributed by atoms with E-state index in [0.717, 1.165) is 5.56 Å². The minimum Gasteiger partial charge on any atom is -0.469 e. The van der Waals surface area contributed by atoms with Crippen LogP contribution in [0, 0.1) is 5.82 Å². The summed E-state index contributed by atoms with van der Waals surface area (Å²) in [5, 5.41) is 0. The lowest BCUT2D eigenvalue weighted by molar-refractivity contribution is -0.141. The van der Waals surface area contributed by atoms with Crippen molar-refractivity contribution in [1.82, 2.24) is 4.90 Å². The van der Waals surface area contributed by atoms with Crippen LogP contribution in [0.4, 0.5) is 4.39 Å². The van der Waals surface area contributed by atoms with Crippen molar-refractivity contribution in [2.24, 2.45) is 0 Å². The van der Waals surface area contributed by atoms with Crippen LogP contribution in [0.1, 0.15) is 25.8 Å². The Morgan fingerprint density at radius 3 is 2.44 bits per heavy atom. The van der Waals surface area contributed by atoms with Gasteiger partial charge in [0.25, 0.3) is 0 Å². The number of hydrogen-bond donors (Lipinski definition) is 0. The number of methoxy groups -OCH3 is 1. The highest BCUT2D eigenvalue weighted by Gasteiger charge is 2.12. The van der Waals surface area contributed by atoms with Gasteiger partial charge < -0.3 is 4.74 Å². The second-order valence-corrected chi connectivity index (χ2v) is 4.52. The van der Waals surface area contributed by atoms with Gasteiger partial charge >= 0.3 is 5.97 Å². The van der Waals surface area contributed by atoms with Crippen LogP contribution in [0.2, 0.25) is 0 Å². The molecule has 0 aromatic heterocycles. The second kappa shape index (κ2) is 7.11. The summed E-state index contributed by atoms with van der Waals surface area (Å²) in [4.78, 5) is 13.3. The van der Waals surface area contributed by atoms with Gasteiger partial charge in [0, 0.05) is 19.1 Å². The first kappa shape index (κ1) is 14.6. The third-order valence-corrected chi connectivity index (χ3v) is 2.86. The summed E-state index contributed by atoms with van der Waals surface area (Å²) in [5.74, 6) is -0.441. The number of carbonyl (C=O) groups is 1. The highest BCUT2D eigenvalue weighted by atomic mass is 19.1. The van der Waals surface area contributed by atoms with E-state index in [9.17, 15) is 9.18 Å². The third kappa shape index (κ3) is 4.84. The van der Waals surface area contributed by atoms with E-state index in [4.69, 9.17) is 0 Å². The first-order chi connectivity index (χ1) is 8.52. The Labute approximate surface area is 108 Å². The molecule has 0 N–H and O–H groups in total. The summed E-state index contributed by atoms with van der Waals surface area (Å²) in [6.45, 7) is 5.48. The third-order valence-electron chi connectivity index (χ3n) is 2.86. The molecule has 4 heteroatoms. The molecular formula is C14H20FNO2. The maximum Gasteiger partial charge on any atom is 0.306 e. The molecule has 0 fully saturated rings. The van der Waals surface area contributed by atoms with Gasteiger partial charge in [0.1, 0.15) is 5.82 Å². The second-order valence-electron chi connectivity index (χ2n) is 4.52. The largest absolute Gasteiger partial charge is 0.469 e. The summed E-state index contributed by atoms with van der Waals surface area (Å²) >= 11 is 0. The summed E-state index contributed by atoms with van der Waals surface area (Å²) in [6, 6.07) is 6.76. The van der Waals surface area contributed by atoms with Crippen LogP contribution in [0.5, 0.6) is 0 Å². The van der Waals surface area contributed by atoms with E-state index in [1.165, 1.54) is 19.2 Å². The molecule has 0 aliphatic rings. The summed E-state index contributed by atoms with van der Waals surface area (Å²) in [5.41, 5.74) is 1.04. The van der Waals surface area contributed by atoms with E-state index in [0.29, 0.717) is 25.6 Å². The Bertz CT molecular complexity index is 376. The minimum absolute atomic E-state index is 0.209. The van der Waals surface area contributed by atoms with Crippen LogP contribution >= 0.6 is 0 Å². The maximum absolute atomic E-state index is 12.8. The predicted molar refractivity (Wildman–Crippen MR) is 68.6 cm³/mol. The fourth-order valence-electron chi connectivity index (χ4n) is 1.68. The normalized spacial score (nSPS) is 11.0. The van der Waals surface area contributed by atoms with Gasteiger partial charge in [-0.15, -0.1) is 0 Å². The molecule has 0 aliphatic carbocycles. The number of benzene rings is 1. The van der Waals surface area contributed by atoms with Crippen LogP contribution in [0.15, 0.2) is 24.3 Å². The Morgan fingerprint density at radius 1 is 1.33 bits per heavy atom. The molecule has 1 aromatic carbocycles. The molecule has 0 saturated carbocycles. The van der Waals surface area contributed by atoms with Gasteiger partial charge in [0.15, 0.2) is 0 Å². The maximum atomic E-state index is 12.8. The Hall–Kier alpha value is -1.42. The fraction of sp³-hybridized carbons (Fsp3) is 0.500. The molecule has 0 bridgehead atoms. The topological polar surface area (TPSA) is 29.5 Å². The molecule has 0 spiro atoms. The summed E-state index contributed by atoms with van der Waals surface area (Å²) in [6.07, 6.45) is 0.371. The number of halogens is 1. The molecule has 18 heavy (non-hydrogen) atoms. The molecule has 0 aliphatic heterocycles. The number of ether oxygens (including phenoxy) is 1. The summed E-state index contributed by atoms with van der Waals surface area (Å²) < 4.78 is 17.4. The lowest BCUT2D eigenvalue weighted by Gasteiger charge is -2.26. The minimum atomic E-state index is -0.232. The van der Waals surface area contributed by atoms with Crippen LogP contribution in [-0.4, -0.2) is 30.6 Å². The first-order valence-electron chi connectivity index (χ1n) is 6.08. The molecular weight excluding hydrogens is 233 g/mol. The standard InChI is InChI=1S/C14H20FNO2/c1-11(2)16(9-8-14(17)18-3)10-12-4-6-13(15)7-5-12/h4-7,11H,8-10H2,1-3H3. The molecule has 100 valence electrons. The summed E-state index contributed by atoms with van der Waals surface area (Å²) in [7, 11) is 1.39. The zero-order valence-corrected chi connectivity index (χ0v) is 11.1. The monoisotopic (exact) mass is 253 g/mol. The lowest BCUT2D eigenvalue weighted by atomic mass is 10.2. The van der Waals surface area contributed by atoms with E-state index in [1.54, 1.807) is 12.1 Å². The number of carbonyl (C=O) groups excluding carboxylic acids is 1. The SMILES string of the molecule is COC(=O)CCN(Cc1ccc(F)cc1)C(C)C. The van der Waals surface area contributed by atoms with Gasteiger partial charge in [0.05, 0.1) is 13.5 Å². The van der Waals surface area contributed by atoms with Crippen LogP contribution in [-0.2, 0) is 16.1 Å². The van der Waals surface area contributed by atoms with E-state index >= 15 is 0 Å². The Morgan fingerprint density at radius 2 is 1.94 bits per heavy atom. The Kier molecular flexibility index (Phi) is 5.78. The van der Waals surface area contributed by atoms with E-state index in [-0.39, 0.29) is 11.8 Å². The molecule has 0 atom stereocenters. The first-order valence-corrected chi connectivity index (χ1v) is 6.08. The van der Waals surface area contributed by atoms with E-state index in [1.807, 2.05) is 0 Å². The highest BCUT2D eigenvalue weighted by Crippen LogP contribution is 2.10.